The van der Waals surface area contributed by atoms with Crippen LogP contribution in [0.25, 0.3) is 21.3 Å². The Morgan fingerprint density at radius 1 is 1.56 bits per heavy atom. The molecular weight excluding hydrogens is 316 g/mol. The van der Waals surface area contributed by atoms with Crippen LogP contribution in [-0.4, -0.2) is 23.0 Å². The lowest BCUT2D eigenvalue weighted by atomic mass is 10.2. The van der Waals surface area contributed by atoms with Crippen molar-refractivity contribution >= 4 is 54.5 Å². The van der Waals surface area contributed by atoms with Crippen molar-refractivity contribution in [3.05, 3.63) is 27.2 Å². The van der Waals surface area contributed by atoms with Crippen LogP contribution < -0.4 is 0 Å². The Labute approximate surface area is 115 Å². The number of hydrogen-bond donors (Lipinski definition) is 1. The molecule has 6 heteroatoms. The summed E-state index contributed by atoms with van der Waals surface area (Å²) < 4.78 is 6.70. The maximum absolute atomic E-state index is 11.6. The van der Waals surface area contributed by atoms with Crippen molar-refractivity contribution in [2.75, 3.05) is 7.11 Å². The number of carbonyl (C=O) groups is 1. The molecule has 3 aromatic rings. The molecule has 1 N–H and O–H groups in total. The second-order valence-electron chi connectivity index (χ2n) is 3.93. The number of aromatic amines is 1. The van der Waals surface area contributed by atoms with Gasteiger partial charge in [0, 0.05) is 10.7 Å². The van der Waals surface area contributed by atoms with Gasteiger partial charge in [-0.2, -0.15) is 0 Å². The quantitative estimate of drug-likeness (QED) is 0.695. The van der Waals surface area contributed by atoms with Crippen molar-refractivity contribution in [3.8, 4) is 0 Å². The Hall–Kier alpha value is -1.40. The van der Waals surface area contributed by atoms with Crippen molar-refractivity contribution < 1.29 is 9.53 Å². The molecule has 0 aliphatic heterocycles. The van der Waals surface area contributed by atoms with Gasteiger partial charge in [-0.15, -0.1) is 11.3 Å². The second kappa shape index (κ2) is 4.07. The van der Waals surface area contributed by atoms with E-state index in [0.717, 1.165) is 31.3 Å². The fraction of sp³-hybridized carbons (Fsp3) is 0.167. The second-order valence-corrected chi connectivity index (χ2v) is 5.86. The molecule has 18 heavy (non-hydrogen) atoms. The summed E-state index contributed by atoms with van der Waals surface area (Å²) in [6.07, 6.45) is 1.75. The van der Waals surface area contributed by atoms with Gasteiger partial charge in [-0.25, -0.2) is 4.79 Å². The summed E-state index contributed by atoms with van der Waals surface area (Å²) in [5, 5.41) is 0. The summed E-state index contributed by atoms with van der Waals surface area (Å²) in [7, 11) is 1.39. The van der Waals surface area contributed by atoms with Gasteiger partial charge in [0.1, 0.15) is 10.4 Å². The normalized spacial score (nSPS) is 11.3. The SMILES string of the molecule is COC(=O)c1sc2c([nH]c3cc(Br)cnc32)c1C. The van der Waals surface area contributed by atoms with E-state index in [9.17, 15) is 4.79 Å². The van der Waals surface area contributed by atoms with Gasteiger partial charge >= 0.3 is 5.97 Å². The summed E-state index contributed by atoms with van der Waals surface area (Å²) in [6, 6.07) is 1.98. The number of esters is 1. The van der Waals surface area contributed by atoms with Crippen molar-refractivity contribution in [3.63, 3.8) is 0 Å². The van der Waals surface area contributed by atoms with E-state index < -0.39 is 0 Å². The average molecular weight is 325 g/mol. The van der Waals surface area contributed by atoms with Crippen LogP contribution in [0.2, 0.25) is 0 Å². The predicted molar refractivity (Wildman–Crippen MR) is 75.3 cm³/mol. The summed E-state index contributed by atoms with van der Waals surface area (Å²) >= 11 is 4.81. The lowest BCUT2D eigenvalue weighted by molar-refractivity contribution is 0.0605. The highest BCUT2D eigenvalue weighted by Crippen LogP contribution is 2.36. The van der Waals surface area contributed by atoms with E-state index in [1.807, 2.05) is 13.0 Å². The van der Waals surface area contributed by atoms with Gasteiger partial charge in [0.2, 0.25) is 0 Å². The lowest BCUT2D eigenvalue weighted by Gasteiger charge is -1.96. The van der Waals surface area contributed by atoms with Crippen LogP contribution in [0, 0.1) is 6.92 Å². The molecular formula is C12H9BrN2O2S. The monoisotopic (exact) mass is 324 g/mol. The molecule has 0 saturated heterocycles. The topological polar surface area (TPSA) is 55.0 Å². The molecule has 0 unspecified atom stereocenters. The third-order valence-electron chi connectivity index (χ3n) is 2.85. The predicted octanol–water partition coefficient (Wildman–Crippen LogP) is 3.64. The van der Waals surface area contributed by atoms with E-state index in [1.165, 1.54) is 18.4 Å². The number of methoxy groups -OCH3 is 1. The van der Waals surface area contributed by atoms with E-state index >= 15 is 0 Å². The largest absolute Gasteiger partial charge is 0.465 e. The smallest absolute Gasteiger partial charge is 0.348 e. The van der Waals surface area contributed by atoms with Crippen LogP contribution in [0.4, 0.5) is 0 Å². The lowest BCUT2D eigenvalue weighted by Crippen LogP contribution is -1.99. The number of rotatable bonds is 1. The highest BCUT2D eigenvalue weighted by atomic mass is 79.9. The third kappa shape index (κ3) is 1.56. The molecule has 0 aliphatic carbocycles. The number of nitrogens with one attached hydrogen (secondary N) is 1. The van der Waals surface area contributed by atoms with E-state index in [-0.39, 0.29) is 5.97 Å². The molecule has 0 spiro atoms. The average Bonchev–Trinajstić information content (AvgIpc) is 2.85. The maximum atomic E-state index is 11.6. The summed E-state index contributed by atoms with van der Waals surface area (Å²) in [4.78, 5) is 20.0. The molecule has 4 nitrogen and oxygen atoms in total. The minimum Gasteiger partial charge on any atom is -0.465 e. The molecule has 3 heterocycles. The molecule has 0 bridgehead atoms. The van der Waals surface area contributed by atoms with Crippen molar-refractivity contribution in [1.82, 2.24) is 9.97 Å². The Morgan fingerprint density at radius 2 is 2.33 bits per heavy atom. The van der Waals surface area contributed by atoms with Gasteiger partial charge in [-0.3, -0.25) is 4.98 Å². The number of ether oxygens (including phenoxy) is 1. The molecule has 0 fully saturated rings. The maximum Gasteiger partial charge on any atom is 0.348 e. The highest BCUT2D eigenvalue weighted by Gasteiger charge is 2.19. The molecule has 3 aromatic heterocycles. The molecule has 3 rings (SSSR count). The van der Waals surface area contributed by atoms with Crippen molar-refractivity contribution in [2.45, 2.75) is 6.92 Å². The molecule has 0 saturated carbocycles. The Balaban J connectivity index is 2.36. The van der Waals surface area contributed by atoms with Crippen LogP contribution in [0.15, 0.2) is 16.7 Å². The first-order chi connectivity index (χ1) is 8.61. The van der Waals surface area contributed by atoms with E-state index in [0.29, 0.717) is 4.88 Å². The zero-order valence-corrected chi connectivity index (χ0v) is 12.1. The van der Waals surface area contributed by atoms with Crippen LogP contribution in [0.3, 0.4) is 0 Å². The van der Waals surface area contributed by atoms with Gasteiger partial charge in [-0.05, 0) is 34.5 Å². The number of thiophene rings is 1. The number of pyridine rings is 1. The van der Waals surface area contributed by atoms with Crippen LogP contribution >= 0.6 is 27.3 Å². The van der Waals surface area contributed by atoms with Crippen LogP contribution in [0.1, 0.15) is 15.2 Å². The van der Waals surface area contributed by atoms with Crippen molar-refractivity contribution in [1.29, 1.82) is 0 Å². The van der Waals surface area contributed by atoms with Gasteiger partial charge in [0.15, 0.2) is 0 Å². The summed E-state index contributed by atoms with van der Waals surface area (Å²) in [5.41, 5.74) is 3.72. The number of halogens is 1. The fourth-order valence-corrected chi connectivity index (χ4v) is 3.49. The fourth-order valence-electron chi connectivity index (χ4n) is 1.97. The van der Waals surface area contributed by atoms with Gasteiger partial charge in [0.05, 0.1) is 22.8 Å². The van der Waals surface area contributed by atoms with Gasteiger partial charge < -0.3 is 9.72 Å². The number of hydrogen-bond acceptors (Lipinski definition) is 4. The Kier molecular flexibility index (Phi) is 2.64. The zero-order valence-electron chi connectivity index (χ0n) is 9.70. The minimum absolute atomic E-state index is 0.299. The van der Waals surface area contributed by atoms with E-state index in [1.54, 1.807) is 6.20 Å². The number of nitrogens with zero attached hydrogens (tertiary/aromatic N) is 1. The van der Waals surface area contributed by atoms with E-state index in [4.69, 9.17) is 4.74 Å². The number of aryl methyl sites for hydroxylation is 1. The minimum atomic E-state index is -0.299. The first-order valence-electron chi connectivity index (χ1n) is 5.26. The van der Waals surface area contributed by atoms with Crippen molar-refractivity contribution in [2.24, 2.45) is 0 Å². The molecule has 92 valence electrons. The third-order valence-corrected chi connectivity index (χ3v) is 4.56. The summed E-state index contributed by atoms with van der Waals surface area (Å²) in [6.45, 7) is 1.91. The highest BCUT2D eigenvalue weighted by molar-refractivity contribution is 9.10. The number of aromatic nitrogens is 2. The van der Waals surface area contributed by atoms with Gasteiger partial charge in [-0.1, -0.05) is 0 Å². The molecule has 0 radical (unpaired) electrons. The van der Waals surface area contributed by atoms with Crippen LogP contribution in [-0.2, 0) is 4.74 Å². The molecule has 0 atom stereocenters. The summed E-state index contributed by atoms with van der Waals surface area (Å²) in [5.74, 6) is -0.299. The Morgan fingerprint density at radius 3 is 3.06 bits per heavy atom. The number of H-pyrrole nitrogens is 1. The number of carbonyl (C=O) groups excluding carboxylic acids is 1. The zero-order chi connectivity index (χ0) is 12.9. The molecule has 0 aromatic carbocycles. The Bertz CT molecular complexity index is 775. The van der Waals surface area contributed by atoms with Gasteiger partial charge in [0.25, 0.3) is 0 Å². The molecule has 0 aliphatic rings. The van der Waals surface area contributed by atoms with E-state index in [2.05, 4.69) is 25.9 Å². The first-order valence-corrected chi connectivity index (χ1v) is 6.87. The van der Waals surface area contributed by atoms with Crippen LogP contribution in [0.5, 0.6) is 0 Å². The molecule has 0 amide bonds. The first kappa shape index (κ1) is 11.7. The standard InChI is InChI=1S/C12H9BrN2O2S/c1-5-8-11(18-10(5)12(16)17-2)9-7(15-8)3-6(13)4-14-9/h3-4,15H,1-2H3. The number of fused-ring (bicyclic) bond motifs is 3.